The summed E-state index contributed by atoms with van der Waals surface area (Å²) >= 11 is 1.44. The highest BCUT2D eigenvalue weighted by Crippen LogP contribution is 2.18. The maximum absolute atomic E-state index is 12.1. The summed E-state index contributed by atoms with van der Waals surface area (Å²) in [7, 11) is 0. The largest absolute Gasteiger partial charge is 0.355 e. The van der Waals surface area contributed by atoms with Gasteiger partial charge in [0.15, 0.2) is 0 Å². The highest BCUT2D eigenvalue weighted by molar-refractivity contribution is 7.10. The summed E-state index contributed by atoms with van der Waals surface area (Å²) in [5.41, 5.74) is 5.90. The van der Waals surface area contributed by atoms with Gasteiger partial charge < -0.3 is 16.0 Å². The van der Waals surface area contributed by atoms with Crippen LogP contribution in [0.2, 0.25) is 0 Å². The standard InChI is InChI=1S/C12H19N3O2S/c1-3-14-10(16)8-15(4-2)12(17)11(13)9-6-5-7-18-9/h5-7,11H,3-4,8,13H2,1-2H3,(H,14,16). The van der Waals surface area contributed by atoms with Crippen LogP contribution in [0.1, 0.15) is 24.8 Å². The second-order valence-corrected chi connectivity index (χ2v) is 4.78. The lowest BCUT2D eigenvalue weighted by Crippen LogP contribution is -2.44. The number of rotatable bonds is 6. The van der Waals surface area contributed by atoms with E-state index in [2.05, 4.69) is 5.32 Å². The number of hydrogen-bond donors (Lipinski definition) is 2. The van der Waals surface area contributed by atoms with Crippen molar-refractivity contribution in [3.63, 3.8) is 0 Å². The SMILES string of the molecule is CCNC(=O)CN(CC)C(=O)C(N)c1cccs1. The normalized spacial score (nSPS) is 11.9. The smallest absolute Gasteiger partial charge is 0.245 e. The number of hydrogen-bond acceptors (Lipinski definition) is 4. The van der Waals surface area contributed by atoms with Crippen molar-refractivity contribution < 1.29 is 9.59 Å². The highest BCUT2D eigenvalue weighted by atomic mass is 32.1. The molecule has 0 saturated carbocycles. The van der Waals surface area contributed by atoms with Gasteiger partial charge in [-0.15, -0.1) is 11.3 Å². The molecule has 0 bridgehead atoms. The molecule has 0 spiro atoms. The third-order valence-corrected chi connectivity index (χ3v) is 3.47. The maximum Gasteiger partial charge on any atom is 0.245 e. The molecule has 0 fully saturated rings. The molecule has 18 heavy (non-hydrogen) atoms. The number of nitrogens with zero attached hydrogens (tertiary/aromatic N) is 1. The Morgan fingerprint density at radius 3 is 2.72 bits per heavy atom. The molecule has 2 amide bonds. The van der Waals surface area contributed by atoms with Crippen molar-refractivity contribution in [3.05, 3.63) is 22.4 Å². The Bertz CT molecular complexity index is 392. The minimum Gasteiger partial charge on any atom is -0.355 e. The Morgan fingerprint density at radius 2 is 2.22 bits per heavy atom. The minimum atomic E-state index is -0.681. The van der Waals surface area contributed by atoms with Crippen molar-refractivity contribution >= 4 is 23.2 Å². The predicted molar refractivity (Wildman–Crippen MR) is 72.2 cm³/mol. The summed E-state index contributed by atoms with van der Waals surface area (Å²) in [5.74, 6) is -0.378. The van der Waals surface area contributed by atoms with Crippen LogP contribution in [0.5, 0.6) is 0 Å². The number of thiophene rings is 1. The summed E-state index contributed by atoms with van der Waals surface area (Å²) in [4.78, 5) is 25.9. The first-order chi connectivity index (χ1) is 8.60. The Hall–Kier alpha value is -1.40. The average molecular weight is 269 g/mol. The number of nitrogens with two attached hydrogens (primary N) is 1. The zero-order valence-electron chi connectivity index (χ0n) is 10.7. The first-order valence-electron chi connectivity index (χ1n) is 5.94. The van der Waals surface area contributed by atoms with Crippen molar-refractivity contribution in [2.24, 2.45) is 5.73 Å². The summed E-state index contributed by atoms with van der Waals surface area (Å²) < 4.78 is 0. The van der Waals surface area contributed by atoms with Gasteiger partial charge in [0.2, 0.25) is 11.8 Å². The van der Waals surface area contributed by atoms with E-state index in [1.165, 1.54) is 16.2 Å². The van der Waals surface area contributed by atoms with Crippen molar-refractivity contribution in [1.82, 2.24) is 10.2 Å². The molecule has 0 aliphatic carbocycles. The molecule has 0 radical (unpaired) electrons. The Morgan fingerprint density at radius 1 is 1.50 bits per heavy atom. The molecule has 1 aromatic rings. The van der Waals surface area contributed by atoms with Crippen LogP contribution >= 0.6 is 11.3 Å². The molecule has 100 valence electrons. The molecule has 0 aliphatic heterocycles. The first-order valence-corrected chi connectivity index (χ1v) is 6.82. The molecule has 0 saturated heterocycles. The fourth-order valence-corrected chi connectivity index (χ4v) is 2.28. The van der Waals surface area contributed by atoms with Crippen LogP contribution in [0.25, 0.3) is 0 Å². The van der Waals surface area contributed by atoms with Gasteiger partial charge in [-0.1, -0.05) is 6.07 Å². The fourth-order valence-electron chi connectivity index (χ4n) is 1.56. The Labute approximate surface area is 111 Å². The third kappa shape index (κ3) is 3.82. The topological polar surface area (TPSA) is 75.4 Å². The van der Waals surface area contributed by atoms with Crippen molar-refractivity contribution in [1.29, 1.82) is 0 Å². The van der Waals surface area contributed by atoms with E-state index in [4.69, 9.17) is 5.73 Å². The molecule has 1 heterocycles. The van der Waals surface area contributed by atoms with E-state index in [-0.39, 0.29) is 18.4 Å². The Balaban J connectivity index is 2.64. The van der Waals surface area contributed by atoms with Crippen LogP contribution in [0.3, 0.4) is 0 Å². The van der Waals surface area contributed by atoms with E-state index < -0.39 is 6.04 Å². The average Bonchev–Trinajstić information content (AvgIpc) is 2.88. The van der Waals surface area contributed by atoms with Gasteiger partial charge in [-0.25, -0.2) is 0 Å². The van der Waals surface area contributed by atoms with Crippen LogP contribution in [-0.2, 0) is 9.59 Å². The highest BCUT2D eigenvalue weighted by Gasteiger charge is 2.23. The molecular weight excluding hydrogens is 250 g/mol. The fraction of sp³-hybridized carbons (Fsp3) is 0.500. The van der Waals surface area contributed by atoms with Crippen LogP contribution in [0.4, 0.5) is 0 Å². The monoisotopic (exact) mass is 269 g/mol. The summed E-state index contributed by atoms with van der Waals surface area (Å²) in [6.07, 6.45) is 0. The second kappa shape index (κ2) is 7.13. The zero-order chi connectivity index (χ0) is 13.5. The van der Waals surface area contributed by atoms with Crippen LogP contribution in [-0.4, -0.2) is 36.3 Å². The third-order valence-electron chi connectivity index (χ3n) is 2.52. The first kappa shape index (κ1) is 14.7. The molecule has 5 nitrogen and oxygen atoms in total. The summed E-state index contributed by atoms with van der Waals surface area (Å²) in [6, 6.07) is 3.00. The van der Waals surface area contributed by atoms with E-state index in [0.717, 1.165) is 4.88 Å². The van der Waals surface area contributed by atoms with Crippen LogP contribution in [0, 0.1) is 0 Å². The maximum atomic E-state index is 12.1. The van der Waals surface area contributed by atoms with Gasteiger partial charge in [0.25, 0.3) is 0 Å². The second-order valence-electron chi connectivity index (χ2n) is 3.80. The van der Waals surface area contributed by atoms with Crippen molar-refractivity contribution in [2.75, 3.05) is 19.6 Å². The number of carbonyl (C=O) groups excluding carboxylic acids is 2. The van der Waals surface area contributed by atoms with Crippen LogP contribution in [0.15, 0.2) is 17.5 Å². The lowest BCUT2D eigenvalue weighted by atomic mass is 10.2. The number of nitrogens with one attached hydrogen (secondary N) is 1. The van der Waals surface area contributed by atoms with Gasteiger partial charge in [-0.3, -0.25) is 9.59 Å². The van der Waals surface area contributed by atoms with Gasteiger partial charge in [0.05, 0.1) is 6.54 Å². The molecule has 6 heteroatoms. The molecule has 1 aromatic heterocycles. The van der Waals surface area contributed by atoms with Crippen molar-refractivity contribution in [2.45, 2.75) is 19.9 Å². The van der Waals surface area contributed by atoms with Gasteiger partial charge in [0, 0.05) is 18.0 Å². The predicted octanol–water partition coefficient (Wildman–Crippen LogP) is 0.733. The quantitative estimate of drug-likeness (QED) is 0.799. The van der Waals surface area contributed by atoms with Crippen LogP contribution < -0.4 is 11.1 Å². The molecule has 1 rings (SSSR count). The summed E-state index contributed by atoms with van der Waals surface area (Å²) in [5, 5.41) is 4.55. The van der Waals surface area contributed by atoms with E-state index >= 15 is 0 Å². The molecule has 0 aliphatic rings. The Kier molecular flexibility index (Phi) is 5.80. The van der Waals surface area contributed by atoms with Gasteiger partial charge >= 0.3 is 0 Å². The summed E-state index contributed by atoms with van der Waals surface area (Å²) in [6.45, 7) is 4.75. The number of likely N-dealkylation sites (N-methyl/N-ethyl adjacent to an activating group) is 2. The van der Waals surface area contributed by atoms with Crippen molar-refractivity contribution in [3.8, 4) is 0 Å². The lowest BCUT2D eigenvalue weighted by Gasteiger charge is -2.23. The van der Waals surface area contributed by atoms with Gasteiger partial charge in [-0.2, -0.15) is 0 Å². The molecular formula is C12H19N3O2S. The van der Waals surface area contributed by atoms with E-state index in [9.17, 15) is 9.59 Å². The molecule has 1 unspecified atom stereocenters. The van der Waals surface area contributed by atoms with E-state index in [0.29, 0.717) is 13.1 Å². The number of amides is 2. The lowest BCUT2D eigenvalue weighted by molar-refractivity contribution is -0.136. The molecule has 3 N–H and O–H groups in total. The number of carbonyl (C=O) groups is 2. The van der Waals surface area contributed by atoms with Gasteiger partial charge in [-0.05, 0) is 25.3 Å². The molecule has 0 aromatic carbocycles. The van der Waals surface area contributed by atoms with E-state index in [1.807, 2.05) is 31.4 Å². The minimum absolute atomic E-state index is 0.0578. The molecule has 1 atom stereocenters. The zero-order valence-corrected chi connectivity index (χ0v) is 11.5. The van der Waals surface area contributed by atoms with Gasteiger partial charge in [0.1, 0.15) is 6.04 Å². The van der Waals surface area contributed by atoms with E-state index in [1.54, 1.807) is 0 Å².